The van der Waals surface area contributed by atoms with Crippen molar-refractivity contribution in [2.45, 2.75) is 49.0 Å². The lowest BCUT2D eigenvalue weighted by Gasteiger charge is -2.63. The molecule has 5 nitrogen and oxygen atoms in total. The van der Waals surface area contributed by atoms with Crippen molar-refractivity contribution >= 4 is 11.6 Å². The molecule has 0 aromatic heterocycles. The maximum absolute atomic E-state index is 13.3. The average molecular weight is 364 g/mol. The number of fused-ring (bicyclic) bond motifs is 2. The van der Waals surface area contributed by atoms with Crippen LogP contribution in [0.2, 0.25) is 0 Å². The summed E-state index contributed by atoms with van der Waals surface area (Å²) in [6.45, 7) is 2.46. The average Bonchev–Trinajstić information content (AvgIpc) is 3.14. The van der Waals surface area contributed by atoms with Crippen molar-refractivity contribution in [3.05, 3.63) is 41.5 Å². The SMILES string of the molecule is O=C1CC2OCCC=C3CN4CCC56c7ccccc7N1C5C2C3CC46O. The number of carbonyl (C=O) groups is 1. The highest BCUT2D eigenvalue weighted by Crippen LogP contribution is 2.68. The summed E-state index contributed by atoms with van der Waals surface area (Å²) in [5, 5.41) is 12.2. The fraction of sp³-hybridized carbons (Fsp3) is 0.591. The Labute approximate surface area is 158 Å². The van der Waals surface area contributed by atoms with Gasteiger partial charge in [0.1, 0.15) is 5.72 Å². The predicted molar refractivity (Wildman–Crippen MR) is 99.2 cm³/mol. The van der Waals surface area contributed by atoms with Crippen molar-refractivity contribution in [1.29, 1.82) is 0 Å². The molecule has 5 heteroatoms. The van der Waals surface area contributed by atoms with Gasteiger partial charge in [-0.3, -0.25) is 9.69 Å². The Kier molecular flexibility index (Phi) is 2.63. The van der Waals surface area contributed by atoms with E-state index in [1.165, 1.54) is 11.1 Å². The minimum Gasteiger partial charge on any atom is -0.377 e. The first-order valence-electron chi connectivity index (χ1n) is 10.3. The summed E-state index contributed by atoms with van der Waals surface area (Å²) in [5.41, 5.74) is 2.44. The molecular formula is C22H24N2O3. The number of nitrogens with zero attached hydrogens (tertiary/aromatic N) is 2. The van der Waals surface area contributed by atoms with Gasteiger partial charge in [-0.1, -0.05) is 29.8 Å². The van der Waals surface area contributed by atoms with E-state index in [0.29, 0.717) is 18.9 Å². The second kappa shape index (κ2) is 4.65. The summed E-state index contributed by atoms with van der Waals surface area (Å²) in [6.07, 6.45) is 5.41. The fourth-order valence-corrected chi connectivity index (χ4v) is 7.71. The number of aliphatic hydroxyl groups is 1. The smallest absolute Gasteiger partial charge is 0.229 e. The molecule has 140 valence electrons. The number of rotatable bonds is 0. The minimum absolute atomic E-state index is 0.0108. The molecule has 1 N–H and O–H groups in total. The molecule has 1 aromatic carbocycles. The molecule has 1 aromatic rings. The Morgan fingerprint density at radius 2 is 2.15 bits per heavy atom. The largest absolute Gasteiger partial charge is 0.377 e. The van der Waals surface area contributed by atoms with Crippen LogP contribution in [0.1, 0.15) is 31.2 Å². The third-order valence-electron chi connectivity index (χ3n) is 8.55. The van der Waals surface area contributed by atoms with Gasteiger partial charge < -0.3 is 14.7 Å². The lowest BCUT2D eigenvalue weighted by atomic mass is 9.51. The van der Waals surface area contributed by atoms with E-state index < -0.39 is 5.72 Å². The van der Waals surface area contributed by atoms with Gasteiger partial charge in [-0.15, -0.1) is 0 Å². The van der Waals surface area contributed by atoms with Crippen LogP contribution in [0, 0.1) is 11.8 Å². The zero-order valence-electron chi connectivity index (χ0n) is 15.3. The van der Waals surface area contributed by atoms with Gasteiger partial charge in [0.15, 0.2) is 0 Å². The quantitative estimate of drug-likeness (QED) is 0.714. The van der Waals surface area contributed by atoms with Gasteiger partial charge in [0.2, 0.25) is 5.91 Å². The predicted octanol–water partition coefficient (Wildman–Crippen LogP) is 1.80. The zero-order valence-corrected chi connectivity index (χ0v) is 15.3. The minimum atomic E-state index is -0.859. The van der Waals surface area contributed by atoms with E-state index in [1.807, 2.05) is 6.07 Å². The Morgan fingerprint density at radius 3 is 3.07 bits per heavy atom. The van der Waals surface area contributed by atoms with Gasteiger partial charge in [-0.2, -0.15) is 0 Å². The Balaban J connectivity index is 1.56. The molecule has 6 aliphatic rings. The molecule has 3 saturated heterocycles. The van der Waals surface area contributed by atoms with E-state index in [9.17, 15) is 9.90 Å². The molecular weight excluding hydrogens is 340 g/mol. The monoisotopic (exact) mass is 364 g/mol. The number of hydrogen-bond donors (Lipinski definition) is 1. The molecule has 5 heterocycles. The van der Waals surface area contributed by atoms with E-state index >= 15 is 0 Å². The van der Waals surface area contributed by atoms with Gasteiger partial charge in [-0.05, 0) is 36.8 Å². The van der Waals surface area contributed by atoms with Gasteiger partial charge in [0, 0.05) is 24.7 Å². The summed E-state index contributed by atoms with van der Waals surface area (Å²) in [5.74, 6) is 0.763. The Bertz CT molecular complexity index is 913. The van der Waals surface area contributed by atoms with E-state index in [-0.39, 0.29) is 29.4 Å². The van der Waals surface area contributed by atoms with Crippen molar-refractivity contribution < 1.29 is 14.6 Å². The number of carbonyl (C=O) groups excluding carboxylic acids is 1. The molecule has 1 amide bonds. The first-order valence-corrected chi connectivity index (χ1v) is 10.3. The molecule has 4 fully saturated rings. The summed E-state index contributed by atoms with van der Waals surface area (Å²) < 4.78 is 6.27. The van der Waals surface area contributed by atoms with Crippen LogP contribution in [0.25, 0.3) is 0 Å². The summed E-state index contributed by atoms with van der Waals surface area (Å²) in [6, 6.07) is 8.34. The summed E-state index contributed by atoms with van der Waals surface area (Å²) in [7, 11) is 0. The van der Waals surface area contributed by atoms with Gasteiger partial charge in [0.05, 0.1) is 30.6 Å². The van der Waals surface area contributed by atoms with Crippen molar-refractivity contribution in [1.82, 2.24) is 4.90 Å². The third kappa shape index (κ3) is 1.48. The van der Waals surface area contributed by atoms with Crippen LogP contribution in [0.4, 0.5) is 5.69 Å². The van der Waals surface area contributed by atoms with Gasteiger partial charge in [-0.25, -0.2) is 0 Å². The molecule has 6 atom stereocenters. The van der Waals surface area contributed by atoms with Crippen LogP contribution in [0.5, 0.6) is 0 Å². The highest BCUT2D eigenvalue weighted by atomic mass is 16.5. The second-order valence-corrected chi connectivity index (χ2v) is 9.25. The molecule has 1 spiro atoms. The molecule has 2 bridgehead atoms. The van der Waals surface area contributed by atoms with Gasteiger partial charge >= 0.3 is 0 Å². The normalized spacial score (nSPS) is 46.6. The molecule has 0 radical (unpaired) electrons. The van der Waals surface area contributed by atoms with Crippen LogP contribution in [-0.4, -0.2) is 53.5 Å². The highest BCUT2D eigenvalue weighted by Gasteiger charge is 2.76. The summed E-state index contributed by atoms with van der Waals surface area (Å²) >= 11 is 0. The molecule has 27 heavy (non-hydrogen) atoms. The maximum Gasteiger partial charge on any atom is 0.229 e. The Morgan fingerprint density at radius 1 is 1.26 bits per heavy atom. The number of anilines is 1. The van der Waals surface area contributed by atoms with Crippen molar-refractivity contribution in [2.24, 2.45) is 11.8 Å². The van der Waals surface area contributed by atoms with E-state index in [0.717, 1.165) is 38.0 Å². The molecule has 1 saturated carbocycles. The van der Waals surface area contributed by atoms with E-state index in [4.69, 9.17) is 4.74 Å². The number of hydrogen-bond acceptors (Lipinski definition) is 4. The first kappa shape index (κ1) is 15.3. The highest BCUT2D eigenvalue weighted by molar-refractivity contribution is 5.99. The van der Waals surface area contributed by atoms with Crippen LogP contribution >= 0.6 is 0 Å². The number of para-hydroxylation sites is 1. The standard InChI is InChI=1S/C22H24N2O3/c25-18-10-17-19-14-11-22(26)21(7-8-23(22)12-13(14)4-3-9-27-17)15-5-1-2-6-16(15)24(18)20(19)21/h1-2,4-6,14,17,19-20,26H,3,7-12H2. The van der Waals surface area contributed by atoms with Crippen molar-refractivity contribution in [2.75, 3.05) is 24.6 Å². The number of piperidine rings is 2. The van der Waals surface area contributed by atoms with Gasteiger partial charge in [0.25, 0.3) is 0 Å². The van der Waals surface area contributed by atoms with E-state index in [1.54, 1.807) is 0 Å². The number of ether oxygens (including phenoxy) is 1. The lowest BCUT2D eigenvalue weighted by molar-refractivity contribution is -0.202. The fourth-order valence-electron chi connectivity index (χ4n) is 7.71. The van der Waals surface area contributed by atoms with Crippen LogP contribution in [-0.2, 0) is 14.9 Å². The van der Waals surface area contributed by atoms with Crippen LogP contribution in [0.15, 0.2) is 35.9 Å². The summed E-state index contributed by atoms with van der Waals surface area (Å²) in [4.78, 5) is 17.7. The topological polar surface area (TPSA) is 53.0 Å². The lowest BCUT2D eigenvalue weighted by Crippen LogP contribution is -2.75. The van der Waals surface area contributed by atoms with Crippen LogP contribution < -0.4 is 4.90 Å². The molecule has 6 unspecified atom stereocenters. The van der Waals surface area contributed by atoms with Crippen LogP contribution in [0.3, 0.4) is 0 Å². The molecule has 5 aliphatic heterocycles. The Hall–Kier alpha value is -1.69. The number of benzene rings is 1. The second-order valence-electron chi connectivity index (χ2n) is 9.25. The molecule has 1 aliphatic carbocycles. The third-order valence-corrected chi connectivity index (χ3v) is 8.55. The molecule has 7 rings (SSSR count). The van der Waals surface area contributed by atoms with E-state index in [2.05, 4.69) is 34.1 Å². The first-order chi connectivity index (χ1) is 13.1. The maximum atomic E-state index is 13.3. The van der Waals surface area contributed by atoms with Crippen molar-refractivity contribution in [3.63, 3.8) is 0 Å². The number of amides is 1. The zero-order chi connectivity index (χ0) is 18.0. The van der Waals surface area contributed by atoms with Crippen molar-refractivity contribution in [3.8, 4) is 0 Å².